The van der Waals surface area contributed by atoms with Crippen molar-refractivity contribution < 1.29 is 4.74 Å². The minimum Gasteiger partial charge on any atom is -0.440 e. The van der Waals surface area contributed by atoms with Crippen LogP contribution in [0.15, 0.2) is 39.9 Å². The van der Waals surface area contributed by atoms with E-state index in [1.807, 2.05) is 25.1 Å². The summed E-state index contributed by atoms with van der Waals surface area (Å²) in [6, 6.07) is 8.98. The molecule has 1 heterocycles. The molecule has 5 heteroatoms. The molecule has 88 valence electrons. The Kier molecular flexibility index (Phi) is 3.09. The van der Waals surface area contributed by atoms with Crippen LogP contribution in [0.5, 0.6) is 11.6 Å². The molecule has 2 N–H and O–H groups in total. The summed E-state index contributed by atoms with van der Waals surface area (Å²) in [5.74, 6) is 0.774. The average Bonchev–Trinajstić information content (AvgIpc) is 2.30. The molecule has 0 aliphatic rings. The van der Waals surface area contributed by atoms with E-state index in [2.05, 4.69) is 9.97 Å². The molecule has 0 unspecified atom stereocenters. The van der Waals surface area contributed by atoms with Gasteiger partial charge in [-0.3, -0.25) is 14.8 Å². The number of nitrogens with one attached hydrogen (secondary N) is 2. The van der Waals surface area contributed by atoms with Gasteiger partial charge < -0.3 is 4.74 Å². The molecular formula is C12H12N2O3. The molecule has 0 aliphatic carbocycles. The average molecular weight is 232 g/mol. The van der Waals surface area contributed by atoms with E-state index in [0.717, 1.165) is 0 Å². The van der Waals surface area contributed by atoms with E-state index in [9.17, 15) is 9.59 Å². The van der Waals surface area contributed by atoms with E-state index in [-0.39, 0.29) is 5.88 Å². The van der Waals surface area contributed by atoms with Crippen molar-refractivity contribution in [3.05, 3.63) is 56.7 Å². The quantitative estimate of drug-likeness (QED) is 0.840. The third-order valence-corrected chi connectivity index (χ3v) is 2.32. The Hall–Kier alpha value is -2.30. The van der Waals surface area contributed by atoms with Crippen molar-refractivity contribution in [1.29, 1.82) is 0 Å². The van der Waals surface area contributed by atoms with Gasteiger partial charge in [-0.25, -0.2) is 4.79 Å². The highest BCUT2D eigenvalue weighted by atomic mass is 16.5. The SMILES string of the molecule is CCc1c(Oc2ccccc2)[nH]c(=O)[nH]c1=O. The zero-order valence-electron chi connectivity index (χ0n) is 9.32. The van der Waals surface area contributed by atoms with E-state index in [1.54, 1.807) is 12.1 Å². The molecular weight excluding hydrogens is 220 g/mol. The molecule has 1 aromatic heterocycles. The van der Waals surface area contributed by atoms with Crippen molar-refractivity contribution >= 4 is 0 Å². The fourth-order valence-corrected chi connectivity index (χ4v) is 1.51. The lowest BCUT2D eigenvalue weighted by Crippen LogP contribution is -2.25. The van der Waals surface area contributed by atoms with Gasteiger partial charge in [0.1, 0.15) is 5.75 Å². The number of ether oxygens (including phenoxy) is 1. The lowest BCUT2D eigenvalue weighted by atomic mass is 10.2. The summed E-state index contributed by atoms with van der Waals surface area (Å²) in [6.07, 6.45) is 0.480. The molecule has 0 atom stereocenters. The molecule has 5 nitrogen and oxygen atoms in total. The first kappa shape index (κ1) is 11.2. The maximum Gasteiger partial charge on any atom is 0.328 e. The number of para-hydroxylation sites is 1. The standard InChI is InChI=1S/C12H12N2O3/c1-2-9-10(15)13-12(16)14-11(9)17-8-6-4-3-5-7-8/h3-7H,2H2,1H3,(H2,13,14,15,16). The molecule has 0 saturated heterocycles. The first-order valence-electron chi connectivity index (χ1n) is 5.29. The first-order valence-corrected chi connectivity index (χ1v) is 5.29. The molecule has 0 fully saturated rings. The summed E-state index contributed by atoms with van der Waals surface area (Å²) >= 11 is 0. The Morgan fingerprint density at radius 1 is 1.12 bits per heavy atom. The lowest BCUT2D eigenvalue weighted by molar-refractivity contribution is 0.451. The fourth-order valence-electron chi connectivity index (χ4n) is 1.51. The van der Waals surface area contributed by atoms with E-state index in [4.69, 9.17) is 4.74 Å². The Labute approximate surface area is 97.1 Å². The van der Waals surface area contributed by atoms with Gasteiger partial charge in [-0.1, -0.05) is 25.1 Å². The van der Waals surface area contributed by atoms with Crippen molar-refractivity contribution in [3.63, 3.8) is 0 Å². The number of benzene rings is 1. The maximum absolute atomic E-state index is 11.5. The number of hydrogen-bond donors (Lipinski definition) is 2. The molecule has 0 aliphatic heterocycles. The maximum atomic E-state index is 11.5. The predicted octanol–water partition coefficient (Wildman–Crippen LogP) is 1.42. The van der Waals surface area contributed by atoms with Gasteiger partial charge in [0.2, 0.25) is 5.88 Å². The summed E-state index contributed by atoms with van der Waals surface area (Å²) in [5.41, 5.74) is -0.561. The monoisotopic (exact) mass is 232 g/mol. The molecule has 2 aromatic rings. The Bertz CT molecular complexity index is 614. The van der Waals surface area contributed by atoms with E-state index < -0.39 is 11.2 Å². The van der Waals surface area contributed by atoms with Crippen LogP contribution in [0.4, 0.5) is 0 Å². The Morgan fingerprint density at radius 3 is 2.47 bits per heavy atom. The summed E-state index contributed by atoms with van der Waals surface area (Å²) in [4.78, 5) is 27.4. The molecule has 0 saturated carbocycles. The van der Waals surface area contributed by atoms with Crippen LogP contribution < -0.4 is 16.0 Å². The van der Waals surface area contributed by atoms with Crippen LogP contribution in [-0.4, -0.2) is 9.97 Å². The zero-order valence-corrected chi connectivity index (χ0v) is 9.32. The Morgan fingerprint density at radius 2 is 1.82 bits per heavy atom. The highest BCUT2D eigenvalue weighted by molar-refractivity contribution is 5.30. The van der Waals surface area contributed by atoms with Gasteiger partial charge in [0, 0.05) is 0 Å². The lowest BCUT2D eigenvalue weighted by Gasteiger charge is -2.07. The minimum absolute atomic E-state index is 0.201. The van der Waals surface area contributed by atoms with Crippen molar-refractivity contribution in [2.24, 2.45) is 0 Å². The largest absolute Gasteiger partial charge is 0.440 e. The number of hydrogen-bond acceptors (Lipinski definition) is 3. The third kappa shape index (κ3) is 2.44. The second-order valence-electron chi connectivity index (χ2n) is 3.48. The van der Waals surface area contributed by atoms with E-state index in [1.165, 1.54) is 0 Å². The number of H-pyrrole nitrogens is 2. The summed E-state index contributed by atoms with van der Waals surface area (Å²) < 4.78 is 5.49. The molecule has 0 radical (unpaired) electrons. The molecule has 17 heavy (non-hydrogen) atoms. The van der Waals surface area contributed by atoms with Crippen LogP contribution in [0.3, 0.4) is 0 Å². The van der Waals surface area contributed by atoms with Gasteiger partial charge in [0.05, 0.1) is 5.56 Å². The van der Waals surface area contributed by atoms with Crippen LogP contribution in [0, 0.1) is 0 Å². The van der Waals surface area contributed by atoms with Crippen LogP contribution in [-0.2, 0) is 6.42 Å². The van der Waals surface area contributed by atoms with Gasteiger partial charge in [-0.05, 0) is 18.6 Å². The van der Waals surface area contributed by atoms with Gasteiger partial charge in [0.15, 0.2) is 0 Å². The van der Waals surface area contributed by atoms with E-state index >= 15 is 0 Å². The van der Waals surface area contributed by atoms with Gasteiger partial charge in [-0.15, -0.1) is 0 Å². The molecule has 0 spiro atoms. The van der Waals surface area contributed by atoms with Crippen molar-refractivity contribution in [2.45, 2.75) is 13.3 Å². The topological polar surface area (TPSA) is 75.0 Å². The number of rotatable bonds is 3. The normalized spacial score (nSPS) is 10.2. The van der Waals surface area contributed by atoms with E-state index in [0.29, 0.717) is 17.7 Å². The minimum atomic E-state index is -0.571. The highest BCUT2D eigenvalue weighted by Crippen LogP contribution is 2.19. The van der Waals surface area contributed by atoms with Gasteiger partial charge in [0.25, 0.3) is 5.56 Å². The summed E-state index contributed by atoms with van der Waals surface area (Å²) in [5, 5.41) is 0. The fraction of sp³-hybridized carbons (Fsp3) is 0.167. The Balaban J connectivity index is 2.45. The number of aromatic nitrogens is 2. The molecule has 2 rings (SSSR count). The van der Waals surface area contributed by atoms with Crippen molar-refractivity contribution in [1.82, 2.24) is 9.97 Å². The zero-order chi connectivity index (χ0) is 12.3. The van der Waals surface area contributed by atoms with Crippen molar-refractivity contribution in [2.75, 3.05) is 0 Å². The first-order chi connectivity index (χ1) is 8.20. The van der Waals surface area contributed by atoms with Crippen LogP contribution in [0.1, 0.15) is 12.5 Å². The summed E-state index contributed by atoms with van der Waals surface area (Å²) in [6.45, 7) is 1.82. The third-order valence-electron chi connectivity index (χ3n) is 2.32. The molecule has 0 amide bonds. The predicted molar refractivity (Wildman–Crippen MR) is 63.6 cm³/mol. The van der Waals surface area contributed by atoms with Crippen LogP contribution >= 0.6 is 0 Å². The van der Waals surface area contributed by atoms with Gasteiger partial charge in [-0.2, -0.15) is 0 Å². The second-order valence-corrected chi connectivity index (χ2v) is 3.48. The smallest absolute Gasteiger partial charge is 0.328 e. The van der Waals surface area contributed by atoms with Crippen LogP contribution in [0.2, 0.25) is 0 Å². The second kappa shape index (κ2) is 4.69. The molecule has 1 aromatic carbocycles. The molecule has 0 bridgehead atoms. The van der Waals surface area contributed by atoms with Crippen LogP contribution in [0.25, 0.3) is 0 Å². The highest BCUT2D eigenvalue weighted by Gasteiger charge is 2.09. The number of aromatic amines is 2. The van der Waals surface area contributed by atoms with Crippen molar-refractivity contribution in [3.8, 4) is 11.6 Å². The van der Waals surface area contributed by atoms with Gasteiger partial charge >= 0.3 is 5.69 Å². The summed E-state index contributed by atoms with van der Waals surface area (Å²) in [7, 11) is 0.